The van der Waals surface area contributed by atoms with Crippen LogP contribution in [0.1, 0.15) is 5.56 Å². The normalized spacial score (nSPS) is 10.9. The molecule has 1 amide bonds. The molecule has 0 aliphatic heterocycles. The largest absolute Gasteiger partial charge is 0.398 e. The van der Waals surface area contributed by atoms with Crippen molar-refractivity contribution in [2.75, 3.05) is 19.5 Å². The van der Waals surface area contributed by atoms with Crippen LogP contribution in [-0.2, 0) is 9.63 Å². The molecule has 108 valence electrons. The standard InChI is InChI=1S/C16H17N3O2/c1-17-16(20)15(19-21-2)13-10-6-7-11-14(13)18-12-8-4-3-5-9-12/h3-11,18H,1-2H3,(H,17,20)/b19-15+. The molecule has 2 aromatic carbocycles. The second-order valence-electron chi connectivity index (χ2n) is 4.24. The monoisotopic (exact) mass is 283 g/mol. The first-order valence-electron chi connectivity index (χ1n) is 6.51. The summed E-state index contributed by atoms with van der Waals surface area (Å²) in [5, 5.41) is 9.67. The molecule has 0 fully saturated rings. The minimum absolute atomic E-state index is 0.221. The van der Waals surface area contributed by atoms with Gasteiger partial charge in [0.25, 0.3) is 5.91 Å². The molecule has 0 atom stereocenters. The van der Waals surface area contributed by atoms with Gasteiger partial charge in [-0.25, -0.2) is 0 Å². The van der Waals surface area contributed by atoms with Gasteiger partial charge in [-0.15, -0.1) is 0 Å². The molecule has 2 N–H and O–H groups in total. The van der Waals surface area contributed by atoms with E-state index in [2.05, 4.69) is 15.8 Å². The molecule has 0 aromatic heterocycles. The summed E-state index contributed by atoms with van der Waals surface area (Å²) >= 11 is 0. The van der Waals surface area contributed by atoms with Gasteiger partial charge in [0.15, 0.2) is 5.71 Å². The third kappa shape index (κ3) is 3.60. The number of oxime groups is 1. The molecule has 0 heterocycles. The molecule has 0 aliphatic rings. The number of rotatable bonds is 5. The number of nitrogens with zero attached hydrogens (tertiary/aromatic N) is 1. The van der Waals surface area contributed by atoms with Gasteiger partial charge in [-0.05, 0) is 18.2 Å². The van der Waals surface area contributed by atoms with Crippen molar-refractivity contribution in [3.63, 3.8) is 0 Å². The average molecular weight is 283 g/mol. The molecule has 0 saturated heterocycles. The summed E-state index contributed by atoms with van der Waals surface area (Å²) in [4.78, 5) is 16.7. The number of nitrogens with one attached hydrogen (secondary N) is 2. The molecule has 0 saturated carbocycles. The lowest BCUT2D eigenvalue weighted by molar-refractivity contribution is -0.114. The van der Waals surface area contributed by atoms with Crippen LogP contribution in [0.5, 0.6) is 0 Å². The van der Waals surface area contributed by atoms with Crippen LogP contribution in [0.2, 0.25) is 0 Å². The Labute approximate surface area is 123 Å². The van der Waals surface area contributed by atoms with E-state index in [0.29, 0.717) is 5.56 Å². The first kappa shape index (κ1) is 14.6. The van der Waals surface area contributed by atoms with Crippen molar-refractivity contribution in [2.24, 2.45) is 5.16 Å². The van der Waals surface area contributed by atoms with Gasteiger partial charge in [0.05, 0.1) is 0 Å². The Morgan fingerprint density at radius 1 is 1.05 bits per heavy atom. The number of hydrogen-bond donors (Lipinski definition) is 2. The summed E-state index contributed by atoms with van der Waals surface area (Å²) in [6.45, 7) is 0. The van der Waals surface area contributed by atoms with Gasteiger partial charge in [0, 0.05) is 24.0 Å². The van der Waals surface area contributed by atoms with E-state index in [1.54, 1.807) is 7.05 Å². The highest BCUT2D eigenvalue weighted by molar-refractivity contribution is 6.46. The summed E-state index contributed by atoms with van der Waals surface area (Å²) in [6.07, 6.45) is 0. The molecule has 0 radical (unpaired) electrons. The molecule has 21 heavy (non-hydrogen) atoms. The number of likely N-dealkylation sites (N-methyl/N-ethyl adjacent to an activating group) is 1. The first-order chi connectivity index (χ1) is 10.3. The second-order valence-corrected chi connectivity index (χ2v) is 4.24. The topological polar surface area (TPSA) is 62.7 Å². The molecule has 5 heteroatoms. The molecule has 2 rings (SSSR count). The zero-order chi connectivity index (χ0) is 15.1. The molecular formula is C16H17N3O2. The molecule has 0 unspecified atom stereocenters. The van der Waals surface area contributed by atoms with Crippen LogP contribution < -0.4 is 10.6 Å². The van der Waals surface area contributed by atoms with Crippen LogP contribution in [0.15, 0.2) is 59.8 Å². The van der Waals surface area contributed by atoms with Crippen molar-refractivity contribution in [1.82, 2.24) is 5.32 Å². The van der Waals surface area contributed by atoms with Crippen LogP contribution >= 0.6 is 0 Å². The fourth-order valence-electron chi connectivity index (χ4n) is 1.90. The molecule has 0 spiro atoms. The van der Waals surface area contributed by atoms with Crippen molar-refractivity contribution in [1.29, 1.82) is 0 Å². The van der Waals surface area contributed by atoms with E-state index in [1.165, 1.54) is 7.11 Å². The zero-order valence-corrected chi connectivity index (χ0v) is 12.0. The lowest BCUT2D eigenvalue weighted by Crippen LogP contribution is -2.29. The van der Waals surface area contributed by atoms with Gasteiger partial charge >= 0.3 is 0 Å². The summed E-state index contributed by atoms with van der Waals surface area (Å²) in [7, 11) is 2.97. The van der Waals surface area contributed by atoms with Crippen LogP contribution in [0.4, 0.5) is 11.4 Å². The van der Waals surface area contributed by atoms with E-state index in [-0.39, 0.29) is 11.6 Å². The minimum atomic E-state index is -0.306. The first-order valence-corrected chi connectivity index (χ1v) is 6.51. The molecule has 0 aliphatic carbocycles. The van der Waals surface area contributed by atoms with Gasteiger partial charge in [-0.3, -0.25) is 4.79 Å². The average Bonchev–Trinajstić information content (AvgIpc) is 2.54. The zero-order valence-electron chi connectivity index (χ0n) is 12.0. The highest BCUT2D eigenvalue weighted by atomic mass is 16.6. The number of benzene rings is 2. The van der Waals surface area contributed by atoms with Crippen molar-refractivity contribution < 1.29 is 9.63 Å². The van der Waals surface area contributed by atoms with Gasteiger partial charge in [0.1, 0.15) is 7.11 Å². The maximum absolute atomic E-state index is 12.0. The smallest absolute Gasteiger partial charge is 0.273 e. The Morgan fingerprint density at radius 3 is 2.38 bits per heavy atom. The van der Waals surface area contributed by atoms with Gasteiger partial charge in [-0.1, -0.05) is 41.6 Å². The number of carbonyl (C=O) groups excluding carboxylic acids is 1. The van der Waals surface area contributed by atoms with Crippen LogP contribution in [0.3, 0.4) is 0 Å². The van der Waals surface area contributed by atoms with Crippen molar-refractivity contribution in [3.05, 3.63) is 60.2 Å². The summed E-state index contributed by atoms with van der Waals surface area (Å²) in [5.41, 5.74) is 2.60. The molecule has 5 nitrogen and oxygen atoms in total. The molecule has 0 bridgehead atoms. The lowest BCUT2D eigenvalue weighted by Gasteiger charge is -2.12. The SMILES string of the molecule is CNC(=O)/C(=N/OC)c1ccccc1Nc1ccccc1. The minimum Gasteiger partial charge on any atom is -0.398 e. The van der Waals surface area contributed by atoms with E-state index >= 15 is 0 Å². The van der Waals surface area contributed by atoms with E-state index in [1.807, 2.05) is 54.6 Å². The summed E-state index contributed by atoms with van der Waals surface area (Å²) in [6, 6.07) is 17.2. The second kappa shape index (κ2) is 7.09. The fourth-order valence-corrected chi connectivity index (χ4v) is 1.90. The Kier molecular flexibility index (Phi) is 4.93. The van der Waals surface area contributed by atoms with E-state index in [9.17, 15) is 4.79 Å². The number of amides is 1. The Balaban J connectivity index is 2.40. The van der Waals surface area contributed by atoms with Crippen LogP contribution in [0.25, 0.3) is 0 Å². The van der Waals surface area contributed by atoms with Gasteiger partial charge in [0.2, 0.25) is 0 Å². The van der Waals surface area contributed by atoms with Crippen molar-refractivity contribution in [3.8, 4) is 0 Å². The highest BCUT2D eigenvalue weighted by Crippen LogP contribution is 2.21. The third-order valence-corrected chi connectivity index (χ3v) is 2.86. The predicted octanol–water partition coefficient (Wildman–Crippen LogP) is 2.53. The van der Waals surface area contributed by atoms with Gasteiger partial charge < -0.3 is 15.5 Å². The van der Waals surface area contributed by atoms with E-state index < -0.39 is 0 Å². The third-order valence-electron chi connectivity index (χ3n) is 2.86. The van der Waals surface area contributed by atoms with E-state index in [4.69, 9.17) is 4.84 Å². The van der Waals surface area contributed by atoms with Crippen molar-refractivity contribution >= 4 is 23.0 Å². The number of anilines is 2. The number of carbonyl (C=O) groups is 1. The summed E-state index contributed by atoms with van der Waals surface area (Å²) < 4.78 is 0. The van der Waals surface area contributed by atoms with E-state index in [0.717, 1.165) is 11.4 Å². The van der Waals surface area contributed by atoms with Crippen LogP contribution in [-0.4, -0.2) is 25.8 Å². The highest BCUT2D eigenvalue weighted by Gasteiger charge is 2.17. The number of para-hydroxylation sites is 2. The fraction of sp³-hybridized carbons (Fsp3) is 0.125. The van der Waals surface area contributed by atoms with Gasteiger partial charge in [-0.2, -0.15) is 0 Å². The predicted molar refractivity (Wildman–Crippen MR) is 83.8 cm³/mol. The number of hydrogen-bond acceptors (Lipinski definition) is 4. The lowest BCUT2D eigenvalue weighted by atomic mass is 10.1. The maximum Gasteiger partial charge on any atom is 0.273 e. The maximum atomic E-state index is 12.0. The Hall–Kier alpha value is -2.82. The Morgan fingerprint density at radius 2 is 1.71 bits per heavy atom. The molecule has 2 aromatic rings. The summed E-state index contributed by atoms with van der Waals surface area (Å²) in [5.74, 6) is -0.306. The van der Waals surface area contributed by atoms with Crippen molar-refractivity contribution in [2.45, 2.75) is 0 Å². The quantitative estimate of drug-likeness (QED) is 0.654. The molecular weight excluding hydrogens is 266 g/mol. The Bertz CT molecular complexity index is 639. The van der Waals surface area contributed by atoms with Crippen LogP contribution in [0, 0.1) is 0 Å².